The van der Waals surface area contributed by atoms with E-state index in [4.69, 9.17) is 5.11 Å². The summed E-state index contributed by atoms with van der Waals surface area (Å²) in [4.78, 5) is 9.99. The van der Waals surface area contributed by atoms with Crippen molar-refractivity contribution in [1.82, 2.24) is 0 Å². The molecule has 0 bridgehead atoms. The minimum absolute atomic E-state index is 0.963. The fourth-order valence-corrected chi connectivity index (χ4v) is 0.620. The molecule has 10 heavy (non-hydrogen) atoms. The average Bonchev–Trinajstić information content (AvgIpc) is 1.86. The van der Waals surface area contributed by atoms with Crippen LogP contribution in [0.5, 0.6) is 0 Å². The van der Waals surface area contributed by atoms with Crippen molar-refractivity contribution >= 4 is 16.5 Å². The molecule has 0 aliphatic carbocycles. The zero-order valence-electron chi connectivity index (χ0n) is 5.14. The highest BCUT2D eigenvalue weighted by Gasteiger charge is 2.44. The molecule has 0 amide bonds. The number of carbonyl (C=O) groups is 1. The molecule has 3 N–H and O–H groups in total. The van der Waals surface area contributed by atoms with Gasteiger partial charge in [-0.15, -0.1) is 0 Å². The minimum atomic E-state index is -4.12. The monoisotopic (exact) mass is 169 g/mol. The van der Waals surface area contributed by atoms with Crippen LogP contribution in [0.4, 0.5) is 0 Å². The number of nitrogens with two attached hydrogens (primary N) is 1. The Morgan fingerprint density at radius 3 is 2.30 bits per heavy atom. The number of hydrogen-bond donors (Lipinski definition) is 2. The standard InChI is InChI=1S/C3H7NO5S/c1-2(3(5)6)10(7,8)9-4/h2H,4H2,1H3,(H,5,6)/q+1/t2-/m1/s1. The molecule has 0 aromatic rings. The van der Waals surface area contributed by atoms with Gasteiger partial charge in [-0.3, -0.25) is 0 Å². The first-order valence-corrected chi connectivity index (χ1v) is 3.74. The molecule has 59 valence electrons. The summed E-state index contributed by atoms with van der Waals surface area (Å²) in [7, 11) is -4.12. The van der Waals surface area contributed by atoms with Crippen molar-refractivity contribution in [3.8, 4) is 0 Å². The summed E-state index contributed by atoms with van der Waals surface area (Å²) in [6.45, 7) is 0.963. The van der Waals surface area contributed by atoms with E-state index in [1.165, 1.54) is 0 Å². The normalized spacial score (nSPS) is 19.5. The van der Waals surface area contributed by atoms with Gasteiger partial charge in [-0.25, -0.2) is 4.79 Å². The zero-order chi connectivity index (χ0) is 8.36. The van der Waals surface area contributed by atoms with Crippen LogP contribution in [0, 0.1) is 0 Å². The lowest BCUT2D eigenvalue weighted by Gasteiger charge is -1.98. The van der Waals surface area contributed by atoms with Crippen LogP contribution in [-0.2, 0) is 28.3 Å². The summed E-state index contributed by atoms with van der Waals surface area (Å²) < 4.78 is 24.3. The molecule has 6 nitrogen and oxygen atoms in total. The van der Waals surface area contributed by atoms with Gasteiger partial charge in [0, 0.05) is 6.92 Å². The Balaban J connectivity index is 4.33. The van der Waals surface area contributed by atoms with Crippen LogP contribution in [0.1, 0.15) is 6.92 Å². The van der Waals surface area contributed by atoms with E-state index in [2.05, 4.69) is 10.2 Å². The van der Waals surface area contributed by atoms with E-state index in [-0.39, 0.29) is 0 Å². The number of hydrogen-bond acceptors (Lipinski definition) is 4. The first kappa shape index (κ1) is 9.50. The Morgan fingerprint density at radius 2 is 2.20 bits per heavy atom. The predicted octanol–water partition coefficient (Wildman–Crippen LogP) is -0.890. The third-order valence-corrected chi connectivity index (χ3v) is 2.25. The molecular formula is C3H7NO5S+. The van der Waals surface area contributed by atoms with Crippen molar-refractivity contribution < 1.29 is 22.9 Å². The maximum absolute atomic E-state index is 10.4. The molecule has 0 saturated heterocycles. The van der Waals surface area contributed by atoms with E-state index in [9.17, 15) is 13.6 Å². The van der Waals surface area contributed by atoms with Crippen LogP contribution in [0.2, 0.25) is 0 Å². The van der Waals surface area contributed by atoms with Crippen molar-refractivity contribution in [1.29, 1.82) is 0 Å². The van der Waals surface area contributed by atoms with Gasteiger partial charge in [0.05, 0.1) is 4.55 Å². The molecule has 0 spiro atoms. The van der Waals surface area contributed by atoms with Gasteiger partial charge < -0.3 is 5.11 Å². The summed E-state index contributed by atoms with van der Waals surface area (Å²) in [6, 6.07) is 0. The fourth-order valence-electron chi connectivity index (χ4n) is 0.207. The Labute approximate surface area is 58.4 Å². The van der Waals surface area contributed by atoms with Gasteiger partial charge in [0.1, 0.15) is 0 Å². The molecule has 0 rings (SSSR count). The van der Waals surface area contributed by atoms with E-state index in [1.807, 2.05) is 0 Å². The van der Waals surface area contributed by atoms with E-state index < -0.39 is 21.7 Å². The number of carboxylic acids is 1. The second kappa shape index (κ2) is 3.06. The van der Waals surface area contributed by atoms with Crippen LogP contribution in [-0.4, -0.2) is 16.3 Å². The van der Waals surface area contributed by atoms with Gasteiger partial charge >= 0.3 is 16.5 Å². The summed E-state index contributed by atoms with van der Waals surface area (Å²) in [5, 5.41) is 6.51. The Bertz CT molecular complexity index is 180. The Kier molecular flexibility index (Phi) is 2.91. The van der Waals surface area contributed by atoms with Gasteiger partial charge in [-0.1, -0.05) is 0 Å². The van der Waals surface area contributed by atoms with E-state index in [1.54, 1.807) is 0 Å². The highest BCUT2D eigenvalue weighted by atomic mass is 32.3. The van der Waals surface area contributed by atoms with Crippen molar-refractivity contribution in [2.24, 2.45) is 5.90 Å². The number of rotatable bonds is 3. The maximum Gasteiger partial charge on any atom is 0.427 e. The second-order valence-electron chi connectivity index (χ2n) is 1.57. The van der Waals surface area contributed by atoms with E-state index in [0.717, 1.165) is 6.92 Å². The third-order valence-electron chi connectivity index (χ3n) is 0.915. The predicted molar refractivity (Wildman–Crippen MR) is 31.1 cm³/mol. The van der Waals surface area contributed by atoms with Gasteiger partial charge in [-0.2, -0.15) is 5.90 Å². The first-order valence-electron chi connectivity index (χ1n) is 2.27. The topological polar surface area (TPSA) is 110 Å². The molecule has 0 fully saturated rings. The molecule has 0 aliphatic rings. The van der Waals surface area contributed by atoms with Crippen LogP contribution in [0.25, 0.3) is 0 Å². The van der Waals surface area contributed by atoms with E-state index in [0.29, 0.717) is 0 Å². The molecule has 0 aromatic heterocycles. The molecule has 7 heteroatoms. The zero-order valence-corrected chi connectivity index (χ0v) is 5.96. The van der Waals surface area contributed by atoms with Gasteiger partial charge in [0.15, 0.2) is 0 Å². The molecular weight excluding hydrogens is 162 g/mol. The summed E-state index contributed by atoms with van der Waals surface area (Å²) in [5.74, 6) is 2.80. The van der Waals surface area contributed by atoms with Gasteiger partial charge in [0.2, 0.25) is 0 Å². The lowest BCUT2D eigenvalue weighted by Crippen LogP contribution is -2.34. The molecule has 0 saturated carbocycles. The highest BCUT2D eigenvalue weighted by Crippen LogP contribution is 2.08. The van der Waals surface area contributed by atoms with Crippen LogP contribution < -0.4 is 5.90 Å². The minimum Gasteiger partial charge on any atom is -0.477 e. The SMILES string of the molecule is C[C@H](C(=O)O)[S+]([O])(=O)ON. The molecule has 0 aromatic carbocycles. The van der Waals surface area contributed by atoms with Crippen molar-refractivity contribution in [2.45, 2.75) is 12.2 Å². The fraction of sp³-hybridized carbons (Fsp3) is 0.667. The third kappa shape index (κ3) is 2.03. The first-order chi connectivity index (χ1) is 4.41. The molecule has 1 radical (unpaired) electrons. The lowest BCUT2D eigenvalue weighted by atomic mass is 10.5. The summed E-state index contributed by atoms with van der Waals surface area (Å²) in [5.41, 5.74) is 0. The smallest absolute Gasteiger partial charge is 0.427 e. The molecule has 1 unspecified atom stereocenters. The van der Waals surface area contributed by atoms with Crippen LogP contribution in [0.15, 0.2) is 0 Å². The largest absolute Gasteiger partial charge is 0.477 e. The maximum atomic E-state index is 10.4. The Hall–Kier alpha value is -0.500. The highest BCUT2D eigenvalue weighted by molar-refractivity contribution is 7.94. The van der Waals surface area contributed by atoms with Crippen LogP contribution in [0.3, 0.4) is 0 Å². The van der Waals surface area contributed by atoms with Crippen molar-refractivity contribution in [3.63, 3.8) is 0 Å². The molecule has 0 heterocycles. The molecule has 2 atom stereocenters. The van der Waals surface area contributed by atoms with Crippen LogP contribution >= 0.6 is 0 Å². The lowest BCUT2D eigenvalue weighted by molar-refractivity contribution is -0.136. The summed E-state index contributed by atoms with van der Waals surface area (Å²) >= 11 is 0. The van der Waals surface area contributed by atoms with Crippen molar-refractivity contribution in [3.05, 3.63) is 0 Å². The van der Waals surface area contributed by atoms with Gasteiger partial charge in [-0.05, 0) is 8.49 Å². The number of aliphatic carboxylic acids is 1. The molecule has 0 aliphatic heterocycles. The van der Waals surface area contributed by atoms with Crippen molar-refractivity contribution in [2.75, 3.05) is 0 Å². The van der Waals surface area contributed by atoms with Gasteiger partial charge in [0.25, 0.3) is 5.25 Å². The summed E-state index contributed by atoms with van der Waals surface area (Å²) in [6.07, 6.45) is 0. The quantitative estimate of drug-likeness (QED) is 0.420. The van der Waals surface area contributed by atoms with E-state index >= 15 is 0 Å². The average molecular weight is 169 g/mol. The number of carboxylic acid groups (broad SMARTS) is 1. The Morgan fingerprint density at radius 1 is 1.80 bits per heavy atom. The second-order valence-corrected chi connectivity index (χ2v) is 3.45.